The molecule has 0 aliphatic heterocycles. The topological polar surface area (TPSA) is 98.2 Å². The summed E-state index contributed by atoms with van der Waals surface area (Å²) < 4.78 is 43.8. The predicted octanol–water partition coefficient (Wildman–Crippen LogP) is 1.22. The molecule has 0 unspecified atom stereocenters. The van der Waals surface area contributed by atoms with Crippen molar-refractivity contribution in [2.24, 2.45) is 0 Å². The molecular formula is C9H6F3N3O3. The zero-order valence-electron chi connectivity index (χ0n) is 8.91. The Bertz CT molecular complexity index is 522. The smallest absolute Gasteiger partial charge is 0.464 e. The van der Waals surface area contributed by atoms with E-state index in [0.29, 0.717) is 0 Å². The third-order valence-corrected chi connectivity index (χ3v) is 1.73. The number of alkyl halides is 3. The Kier molecular flexibility index (Phi) is 3.61. The van der Waals surface area contributed by atoms with E-state index in [4.69, 9.17) is 11.0 Å². The SMILES string of the molecule is COC(=O)c1nc(OC(F)(F)F)c(N)cc1C#N. The number of ether oxygens (including phenoxy) is 2. The average Bonchev–Trinajstić information content (AvgIpc) is 2.28. The molecule has 6 nitrogen and oxygen atoms in total. The maximum Gasteiger partial charge on any atom is 0.574 e. The molecule has 0 atom stereocenters. The summed E-state index contributed by atoms with van der Waals surface area (Å²) in [7, 11) is 0.992. The number of halogens is 3. The second-order valence-corrected chi connectivity index (χ2v) is 2.93. The Hall–Kier alpha value is -2.50. The predicted molar refractivity (Wildman–Crippen MR) is 51.4 cm³/mol. The summed E-state index contributed by atoms with van der Waals surface area (Å²) in [5, 5.41) is 8.69. The van der Waals surface area contributed by atoms with Crippen molar-refractivity contribution in [3.63, 3.8) is 0 Å². The van der Waals surface area contributed by atoms with Crippen LogP contribution < -0.4 is 10.5 Å². The summed E-state index contributed by atoms with van der Waals surface area (Å²) >= 11 is 0. The van der Waals surface area contributed by atoms with E-state index in [1.165, 1.54) is 0 Å². The lowest BCUT2D eigenvalue weighted by Gasteiger charge is -2.11. The van der Waals surface area contributed by atoms with Crippen LogP contribution in [0.4, 0.5) is 18.9 Å². The second kappa shape index (κ2) is 4.79. The fourth-order valence-corrected chi connectivity index (χ4v) is 1.04. The highest BCUT2D eigenvalue weighted by Gasteiger charge is 2.33. The summed E-state index contributed by atoms with van der Waals surface area (Å²) in [5.74, 6) is -2.08. The van der Waals surface area contributed by atoms with Gasteiger partial charge in [-0.25, -0.2) is 9.78 Å². The van der Waals surface area contributed by atoms with E-state index in [0.717, 1.165) is 13.2 Å². The molecule has 2 N–H and O–H groups in total. The van der Waals surface area contributed by atoms with Crippen LogP contribution in [0.25, 0.3) is 0 Å². The first-order chi connectivity index (χ1) is 8.28. The molecule has 1 heterocycles. The molecule has 96 valence electrons. The first kappa shape index (κ1) is 13.6. The number of carbonyl (C=O) groups is 1. The number of nitrogens with two attached hydrogens (primary N) is 1. The van der Waals surface area contributed by atoms with Gasteiger partial charge in [-0.05, 0) is 6.07 Å². The third kappa shape index (κ3) is 3.00. The van der Waals surface area contributed by atoms with Gasteiger partial charge in [0.1, 0.15) is 6.07 Å². The fraction of sp³-hybridized carbons (Fsp3) is 0.222. The highest BCUT2D eigenvalue weighted by Crippen LogP contribution is 2.28. The normalized spacial score (nSPS) is 10.6. The molecular weight excluding hydrogens is 255 g/mol. The van der Waals surface area contributed by atoms with Gasteiger partial charge in [-0.15, -0.1) is 13.2 Å². The third-order valence-electron chi connectivity index (χ3n) is 1.73. The number of carbonyl (C=O) groups excluding carboxylic acids is 1. The summed E-state index contributed by atoms with van der Waals surface area (Å²) in [5.41, 5.74) is 3.79. The van der Waals surface area contributed by atoms with Crippen LogP contribution >= 0.6 is 0 Å². The Morgan fingerprint density at radius 2 is 2.17 bits per heavy atom. The molecule has 9 heteroatoms. The van der Waals surface area contributed by atoms with Gasteiger partial charge < -0.3 is 15.2 Å². The van der Waals surface area contributed by atoms with Gasteiger partial charge in [0.05, 0.1) is 18.4 Å². The molecule has 18 heavy (non-hydrogen) atoms. The molecule has 1 aromatic heterocycles. The first-order valence-electron chi connectivity index (χ1n) is 4.33. The lowest BCUT2D eigenvalue weighted by molar-refractivity contribution is -0.275. The summed E-state index contributed by atoms with van der Waals surface area (Å²) in [6, 6.07) is 2.41. The number of esters is 1. The van der Waals surface area contributed by atoms with E-state index in [1.807, 2.05) is 0 Å². The monoisotopic (exact) mass is 261 g/mol. The summed E-state index contributed by atoms with van der Waals surface area (Å²) in [6.07, 6.45) is -5.01. The average molecular weight is 261 g/mol. The first-order valence-corrected chi connectivity index (χ1v) is 4.33. The zero-order valence-corrected chi connectivity index (χ0v) is 8.91. The molecule has 0 aliphatic rings. The molecule has 0 aromatic carbocycles. The number of aromatic nitrogens is 1. The van der Waals surface area contributed by atoms with Crippen molar-refractivity contribution in [3.05, 3.63) is 17.3 Å². The number of nitrogen functional groups attached to an aromatic ring is 1. The molecule has 0 aliphatic carbocycles. The maximum absolute atomic E-state index is 12.0. The van der Waals surface area contributed by atoms with E-state index in [1.54, 1.807) is 6.07 Å². The molecule has 0 saturated heterocycles. The van der Waals surface area contributed by atoms with Gasteiger partial charge in [0.15, 0.2) is 5.69 Å². The van der Waals surface area contributed by atoms with Gasteiger partial charge in [0.25, 0.3) is 0 Å². The van der Waals surface area contributed by atoms with Gasteiger partial charge >= 0.3 is 12.3 Å². The largest absolute Gasteiger partial charge is 0.574 e. The van der Waals surface area contributed by atoms with Crippen LogP contribution in [0.15, 0.2) is 6.07 Å². The van der Waals surface area contributed by atoms with Crippen LogP contribution in [-0.4, -0.2) is 24.4 Å². The quantitative estimate of drug-likeness (QED) is 0.803. The lowest BCUT2D eigenvalue weighted by atomic mass is 10.2. The Morgan fingerprint density at radius 1 is 1.56 bits per heavy atom. The highest BCUT2D eigenvalue weighted by atomic mass is 19.4. The summed E-state index contributed by atoms with van der Waals surface area (Å²) in [4.78, 5) is 14.4. The molecule has 0 spiro atoms. The minimum absolute atomic E-state index is 0.311. The minimum Gasteiger partial charge on any atom is -0.464 e. The maximum atomic E-state index is 12.0. The summed E-state index contributed by atoms with van der Waals surface area (Å²) in [6.45, 7) is 0. The van der Waals surface area contributed by atoms with Crippen molar-refractivity contribution in [3.8, 4) is 11.9 Å². The molecule has 0 amide bonds. The van der Waals surface area contributed by atoms with E-state index in [2.05, 4.69) is 14.5 Å². The number of methoxy groups -OCH3 is 1. The van der Waals surface area contributed by atoms with Crippen molar-refractivity contribution in [2.75, 3.05) is 12.8 Å². The molecule has 0 fully saturated rings. The Labute approximate surface area is 98.7 Å². The number of nitriles is 1. The van der Waals surface area contributed by atoms with Crippen molar-refractivity contribution < 1.29 is 27.4 Å². The van der Waals surface area contributed by atoms with Gasteiger partial charge in [-0.3, -0.25) is 0 Å². The Morgan fingerprint density at radius 3 is 2.61 bits per heavy atom. The minimum atomic E-state index is -5.01. The van der Waals surface area contributed by atoms with Crippen LogP contribution in [0.5, 0.6) is 5.88 Å². The second-order valence-electron chi connectivity index (χ2n) is 2.93. The van der Waals surface area contributed by atoms with Crippen molar-refractivity contribution >= 4 is 11.7 Å². The number of anilines is 1. The van der Waals surface area contributed by atoms with Gasteiger partial charge in [0, 0.05) is 0 Å². The zero-order chi connectivity index (χ0) is 13.9. The molecule has 1 rings (SSSR count). The van der Waals surface area contributed by atoms with Crippen LogP contribution in [0.2, 0.25) is 0 Å². The van der Waals surface area contributed by atoms with Gasteiger partial charge in [-0.1, -0.05) is 0 Å². The van der Waals surface area contributed by atoms with E-state index in [-0.39, 0.29) is 5.56 Å². The van der Waals surface area contributed by atoms with Crippen LogP contribution in [0.3, 0.4) is 0 Å². The molecule has 0 bridgehead atoms. The standard InChI is InChI=1S/C9H6F3N3O3/c1-17-8(16)6-4(3-13)2-5(14)7(15-6)18-9(10,11)12/h2H,14H2,1H3. The van der Waals surface area contributed by atoms with Crippen LogP contribution in [0, 0.1) is 11.3 Å². The number of nitrogens with zero attached hydrogens (tertiary/aromatic N) is 2. The number of pyridine rings is 1. The van der Waals surface area contributed by atoms with Gasteiger partial charge in [0.2, 0.25) is 5.88 Å². The van der Waals surface area contributed by atoms with Crippen molar-refractivity contribution in [1.82, 2.24) is 4.98 Å². The molecule has 0 radical (unpaired) electrons. The van der Waals surface area contributed by atoms with Crippen LogP contribution in [0.1, 0.15) is 16.1 Å². The number of rotatable bonds is 2. The van der Waals surface area contributed by atoms with E-state index >= 15 is 0 Å². The lowest BCUT2D eigenvalue weighted by Crippen LogP contribution is -2.20. The number of hydrogen-bond donors (Lipinski definition) is 1. The molecule has 0 saturated carbocycles. The highest BCUT2D eigenvalue weighted by molar-refractivity contribution is 5.90. The molecule has 1 aromatic rings. The van der Waals surface area contributed by atoms with Crippen molar-refractivity contribution in [2.45, 2.75) is 6.36 Å². The fourth-order valence-electron chi connectivity index (χ4n) is 1.04. The number of hydrogen-bond acceptors (Lipinski definition) is 6. The van der Waals surface area contributed by atoms with Crippen molar-refractivity contribution in [1.29, 1.82) is 5.26 Å². The van der Waals surface area contributed by atoms with E-state index in [9.17, 15) is 18.0 Å². The van der Waals surface area contributed by atoms with E-state index < -0.39 is 29.6 Å². The van der Waals surface area contributed by atoms with Crippen LogP contribution in [-0.2, 0) is 4.74 Å². The van der Waals surface area contributed by atoms with Gasteiger partial charge in [-0.2, -0.15) is 5.26 Å². The Balaban J connectivity index is 3.31.